The molecule has 1 aromatic heterocycles. The number of hydrogen-bond donors (Lipinski definition) is 2. The van der Waals surface area contributed by atoms with E-state index in [9.17, 15) is 14.4 Å². The highest BCUT2D eigenvalue weighted by Gasteiger charge is 2.85. The van der Waals surface area contributed by atoms with Gasteiger partial charge in [0.15, 0.2) is 0 Å². The monoisotopic (exact) mass is 504 g/mol. The molecule has 1 spiro atoms. The van der Waals surface area contributed by atoms with Crippen molar-refractivity contribution < 1.29 is 19.1 Å². The van der Waals surface area contributed by atoms with Gasteiger partial charge in [0.2, 0.25) is 11.8 Å². The van der Waals surface area contributed by atoms with Gasteiger partial charge in [-0.25, -0.2) is 4.98 Å². The van der Waals surface area contributed by atoms with Gasteiger partial charge in [-0.2, -0.15) is 0 Å². The molecule has 2 aromatic rings. The highest BCUT2D eigenvalue weighted by atomic mass is 32.1. The van der Waals surface area contributed by atoms with E-state index in [4.69, 9.17) is 9.72 Å². The van der Waals surface area contributed by atoms with Crippen molar-refractivity contribution >= 4 is 34.7 Å². The number of nitrogens with zero attached hydrogens (tertiary/aromatic N) is 2. The highest BCUT2D eigenvalue weighted by molar-refractivity contribution is 7.09. The van der Waals surface area contributed by atoms with Gasteiger partial charge < -0.3 is 15.0 Å². The summed E-state index contributed by atoms with van der Waals surface area (Å²) in [5.74, 6) is 2.86. The zero-order chi connectivity index (χ0) is 24.2. The van der Waals surface area contributed by atoms with Crippen LogP contribution in [0.4, 0.5) is 5.69 Å². The Hall–Kier alpha value is -2.78. The first-order valence-electron chi connectivity index (χ1n) is 13.1. The lowest BCUT2D eigenvalue weighted by molar-refractivity contribution is -0.428. The maximum absolute atomic E-state index is 13.0. The molecule has 4 saturated carbocycles. The molecule has 0 radical (unpaired) electrons. The molecule has 3 heterocycles. The van der Waals surface area contributed by atoms with Crippen LogP contribution in [0.25, 0.3) is 0 Å². The number of thiazole rings is 1. The molecule has 186 valence electrons. The minimum absolute atomic E-state index is 0.160. The van der Waals surface area contributed by atoms with Crippen LogP contribution in [0.2, 0.25) is 0 Å². The lowest BCUT2D eigenvalue weighted by Gasteiger charge is -2.88. The van der Waals surface area contributed by atoms with Crippen molar-refractivity contribution in [3.63, 3.8) is 0 Å². The fourth-order valence-corrected chi connectivity index (χ4v) is 9.26. The second-order valence-corrected chi connectivity index (χ2v) is 12.3. The summed E-state index contributed by atoms with van der Waals surface area (Å²) in [4.78, 5) is 43.3. The summed E-state index contributed by atoms with van der Waals surface area (Å²) in [6.45, 7) is 1.51. The second kappa shape index (κ2) is 7.38. The Labute approximate surface area is 212 Å². The molecule has 0 bridgehead atoms. The summed E-state index contributed by atoms with van der Waals surface area (Å²) in [5.41, 5.74) is 4.10. The van der Waals surface area contributed by atoms with Crippen molar-refractivity contribution in [1.82, 2.24) is 15.2 Å². The van der Waals surface area contributed by atoms with Crippen molar-refractivity contribution in [2.45, 2.75) is 63.9 Å². The van der Waals surface area contributed by atoms with Crippen LogP contribution in [0.5, 0.6) is 0 Å². The zero-order valence-electron chi connectivity index (χ0n) is 19.9. The van der Waals surface area contributed by atoms with E-state index >= 15 is 0 Å². The van der Waals surface area contributed by atoms with Gasteiger partial charge in [0.05, 0.1) is 24.9 Å². The van der Waals surface area contributed by atoms with Gasteiger partial charge in [0.1, 0.15) is 11.0 Å². The third kappa shape index (κ3) is 2.68. The maximum Gasteiger partial charge on any atom is 0.255 e. The van der Waals surface area contributed by atoms with Crippen molar-refractivity contribution in [2.75, 3.05) is 5.32 Å². The minimum atomic E-state index is -0.608. The topological polar surface area (TPSA) is 101 Å². The van der Waals surface area contributed by atoms with Gasteiger partial charge in [-0.3, -0.25) is 19.7 Å². The Bertz CT molecular complexity index is 1300. The molecule has 36 heavy (non-hydrogen) atoms. The summed E-state index contributed by atoms with van der Waals surface area (Å²) in [5, 5.41) is 8.88. The number of imide groups is 1. The number of piperidine rings is 1. The molecule has 5 unspecified atom stereocenters. The molecule has 9 heteroatoms. The average molecular weight is 505 g/mol. The highest BCUT2D eigenvalue weighted by Crippen LogP contribution is 2.87. The number of rotatable bonds is 7. The standard InChI is InChI=1S/C27H28N4O4S/c32-22-5-4-21(25(33)30-22)31-10-17-16(26(31)34)2-1-3-20(17)28-9-23-29-15(12-36-23)11-35-24-18-7-13-6-14-8-19(24)27(13,14)18/h1-3,12-14,18-19,21,24,28H,4-11H2,(H,30,32,33). The van der Waals surface area contributed by atoms with Crippen LogP contribution in [-0.4, -0.2) is 39.8 Å². The zero-order valence-corrected chi connectivity index (χ0v) is 20.7. The first-order chi connectivity index (χ1) is 17.5. The fraction of sp³-hybridized carbons (Fsp3) is 0.556. The van der Waals surface area contributed by atoms with E-state index in [-0.39, 0.29) is 18.2 Å². The molecular weight excluding hydrogens is 476 g/mol. The van der Waals surface area contributed by atoms with Crippen molar-refractivity contribution in [2.24, 2.45) is 29.1 Å². The molecule has 2 N–H and O–H groups in total. The molecule has 4 aliphatic carbocycles. The Morgan fingerprint density at radius 1 is 1.17 bits per heavy atom. The lowest BCUT2D eigenvalue weighted by Crippen LogP contribution is -2.85. The molecule has 3 amide bonds. The number of benzene rings is 1. The minimum Gasteiger partial charge on any atom is -0.378 e. The number of ether oxygens (including phenoxy) is 1. The van der Waals surface area contributed by atoms with Gasteiger partial charge in [-0.1, -0.05) is 6.07 Å². The van der Waals surface area contributed by atoms with Crippen LogP contribution in [0.3, 0.4) is 0 Å². The van der Waals surface area contributed by atoms with Gasteiger partial charge in [0, 0.05) is 35.2 Å². The molecule has 1 aromatic carbocycles. The van der Waals surface area contributed by atoms with Crippen molar-refractivity contribution in [3.05, 3.63) is 45.4 Å². The fourth-order valence-electron chi connectivity index (χ4n) is 8.54. The van der Waals surface area contributed by atoms with Crippen LogP contribution < -0.4 is 10.6 Å². The van der Waals surface area contributed by atoms with E-state index < -0.39 is 11.9 Å². The molecular formula is C27H28N4O4S. The van der Waals surface area contributed by atoms with Gasteiger partial charge in [-0.05, 0) is 66.9 Å². The second-order valence-electron chi connectivity index (χ2n) is 11.4. The predicted octanol–water partition coefficient (Wildman–Crippen LogP) is 3.08. The quantitative estimate of drug-likeness (QED) is 0.562. The van der Waals surface area contributed by atoms with Gasteiger partial charge in [-0.15, -0.1) is 11.3 Å². The lowest BCUT2D eigenvalue weighted by atomic mass is 9.17. The number of amides is 3. The van der Waals surface area contributed by atoms with Crippen molar-refractivity contribution in [3.8, 4) is 0 Å². The number of anilines is 1. The third-order valence-corrected chi connectivity index (χ3v) is 11.1. The number of carbonyl (C=O) groups excluding carboxylic acids is 3. The van der Waals surface area contributed by atoms with Crippen LogP contribution in [0.15, 0.2) is 23.6 Å². The van der Waals surface area contributed by atoms with E-state index in [0.29, 0.717) is 37.8 Å². The van der Waals surface area contributed by atoms with Gasteiger partial charge in [0.25, 0.3) is 5.91 Å². The van der Waals surface area contributed by atoms with E-state index in [1.54, 1.807) is 22.3 Å². The normalized spacial score (nSPS) is 37.0. The molecule has 6 aliphatic rings. The Morgan fingerprint density at radius 2 is 2.00 bits per heavy atom. The number of hydrogen-bond acceptors (Lipinski definition) is 7. The van der Waals surface area contributed by atoms with Crippen molar-refractivity contribution in [1.29, 1.82) is 0 Å². The summed E-state index contributed by atoms with van der Waals surface area (Å²) < 4.78 is 6.36. The largest absolute Gasteiger partial charge is 0.378 e. The Kier molecular flexibility index (Phi) is 4.37. The smallest absolute Gasteiger partial charge is 0.255 e. The van der Waals surface area contributed by atoms with Crippen LogP contribution in [0, 0.1) is 29.1 Å². The molecule has 5 atom stereocenters. The number of aromatic nitrogens is 1. The molecule has 8 rings (SSSR count). The van der Waals surface area contributed by atoms with Crippen LogP contribution in [-0.2, 0) is 34.0 Å². The third-order valence-electron chi connectivity index (χ3n) is 10.2. The van der Waals surface area contributed by atoms with E-state index in [1.807, 2.05) is 12.1 Å². The number of fused-ring (bicyclic) bond motifs is 1. The summed E-state index contributed by atoms with van der Waals surface area (Å²) in [7, 11) is 0. The number of carbonyl (C=O) groups is 3. The Morgan fingerprint density at radius 3 is 2.78 bits per heavy atom. The van der Waals surface area contributed by atoms with E-state index in [2.05, 4.69) is 16.0 Å². The Balaban J connectivity index is 0.898. The molecule has 2 aliphatic heterocycles. The van der Waals surface area contributed by atoms with E-state index in [0.717, 1.165) is 51.0 Å². The van der Waals surface area contributed by atoms with E-state index in [1.165, 1.54) is 19.3 Å². The molecule has 1 saturated heterocycles. The maximum atomic E-state index is 13.0. The van der Waals surface area contributed by atoms with Crippen LogP contribution in [0.1, 0.15) is 58.7 Å². The summed E-state index contributed by atoms with van der Waals surface area (Å²) in [6, 6.07) is 5.01. The summed E-state index contributed by atoms with van der Waals surface area (Å²) in [6.07, 6.45) is 5.32. The SMILES string of the molecule is O=C1CCC(N2Cc3c(NCc4nc(COC5C6CC7CC8CC5C786)cs4)cccc3C2=O)C(=O)N1. The predicted molar refractivity (Wildman–Crippen MR) is 131 cm³/mol. The van der Waals surface area contributed by atoms with Crippen LogP contribution >= 0.6 is 11.3 Å². The first kappa shape index (κ1) is 21.3. The molecule has 8 nitrogen and oxygen atoms in total. The average Bonchev–Trinajstić information content (AvgIpc) is 3.40. The first-order valence-corrected chi connectivity index (χ1v) is 14.0. The number of nitrogens with one attached hydrogen (secondary N) is 2. The van der Waals surface area contributed by atoms with Gasteiger partial charge >= 0.3 is 0 Å². The summed E-state index contributed by atoms with van der Waals surface area (Å²) >= 11 is 1.62. The molecule has 5 fully saturated rings.